The summed E-state index contributed by atoms with van der Waals surface area (Å²) >= 11 is 6.02. The second kappa shape index (κ2) is 8.49. The molecule has 0 radical (unpaired) electrons. The zero-order chi connectivity index (χ0) is 18.5. The van der Waals surface area contributed by atoms with Gasteiger partial charge in [0, 0.05) is 50.0 Å². The molecule has 6 nitrogen and oxygen atoms in total. The number of carbonyl (C=O) groups is 1. The fourth-order valence-electron chi connectivity index (χ4n) is 3.12. The van der Waals surface area contributed by atoms with E-state index in [1.807, 2.05) is 24.3 Å². The number of nitrogens with one attached hydrogen (secondary N) is 2. The van der Waals surface area contributed by atoms with Crippen LogP contribution in [0.25, 0.3) is 0 Å². The molecule has 0 spiro atoms. The Labute approximate surface area is 157 Å². The van der Waals surface area contributed by atoms with E-state index < -0.39 is 0 Å². The number of pyridine rings is 1. The van der Waals surface area contributed by atoms with Crippen LogP contribution in [0.3, 0.4) is 0 Å². The van der Waals surface area contributed by atoms with Crippen molar-refractivity contribution >= 4 is 17.5 Å². The Morgan fingerprint density at radius 3 is 2.46 bits per heavy atom. The summed E-state index contributed by atoms with van der Waals surface area (Å²) in [5, 5.41) is 3.69. The van der Waals surface area contributed by atoms with E-state index in [1.165, 1.54) is 18.3 Å². The Bertz CT molecular complexity index is 777. The van der Waals surface area contributed by atoms with Gasteiger partial charge in [-0.3, -0.25) is 14.5 Å². The molecule has 0 aliphatic carbocycles. The van der Waals surface area contributed by atoms with Gasteiger partial charge in [0.25, 0.3) is 5.91 Å². The first-order chi connectivity index (χ1) is 12.5. The second-order valence-electron chi connectivity index (χ2n) is 6.56. The van der Waals surface area contributed by atoms with Gasteiger partial charge in [-0.25, -0.2) is 0 Å². The number of H-pyrrole nitrogens is 1. The van der Waals surface area contributed by atoms with Crippen molar-refractivity contribution in [2.75, 3.05) is 39.8 Å². The van der Waals surface area contributed by atoms with Crippen LogP contribution in [0.4, 0.5) is 0 Å². The maximum absolute atomic E-state index is 12.4. The van der Waals surface area contributed by atoms with Crippen molar-refractivity contribution in [1.82, 2.24) is 20.1 Å². The number of piperazine rings is 1. The van der Waals surface area contributed by atoms with Gasteiger partial charge in [0.15, 0.2) is 0 Å². The topological polar surface area (TPSA) is 68.4 Å². The molecular formula is C19H23ClN4O2. The number of amides is 1. The van der Waals surface area contributed by atoms with Crippen molar-refractivity contribution in [2.45, 2.75) is 6.04 Å². The molecule has 2 aromatic rings. The summed E-state index contributed by atoms with van der Waals surface area (Å²) in [5.74, 6) is -0.200. The number of benzene rings is 1. The Morgan fingerprint density at radius 2 is 1.85 bits per heavy atom. The van der Waals surface area contributed by atoms with Crippen LogP contribution in [0.2, 0.25) is 5.02 Å². The van der Waals surface area contributed by atoms with Gasteiger partial charge in [-0.2, -0.15) is 0 Å². The minimum absolute atomic E-state index is 0.0766. The summed E-state index contributed by atoms with van der Waals surface area (Å²) in [5.41, 5.74) is 1.34. The summed E-state index contributed by atoms with van der Waals surface area (Å²) in [7, 11) is 2.12. The lowest BCUT2D eigenvalue weighted by molar-refractivity contribution is 0.0886. The third-order valence-electron chi connectivity index (χ3n) is 4.74. The molecule has 1 saturated heterocycles. The number of aromatic nitrogens is 1. The van der Waals surface area contributed by atoms with Crippen molar-refractivity contribution in [3.8, 4) is 0 Å². The molecule has 1 unspecified atom stereocenters. The molecule has 1 aliphatic rings. The largest absolute Gasteiger partial charge is 0.350 e. The average Bonchev–Trinajstić information content (AvgIpc) is 2.65. The van der Waals surface area contributed by atoms with E-state index in [4.69, 9.17) is 11.6 Å². The van der Waals surface area contributed by atoms with Crippen molar-refractivity contribution in [3.63, 3.8) is 0 Å². The van der Waals surface area contributed by atoms with Gasteiger partial charge in [0.1, 0.15) is 0 Å². The number of halogens is 1. The van der Waals surface area contributed by atoms with E-state index in [0.29, 0.717) is 17.1 Å². The Morgan fingerprint density at radius 1 is 1.15 bits per heavy atom. The molecule has 7 heteroatoms. The molecule has 3 rings (SSSR count). The molecular weight excluding hydrogens is 352 g/mol. The lowest BCUT2D eigenvalue weighted by atomic mass is 10.0. The molecule has 2 N–H and O–H groups in total. The molecule has 0 bridgehead atoms. The molecule has 1 atom stereocenters. The number of hydrogen-bond donors (Lipinski definition) is 2. The van der Waals surface area contributed by atoms with Crippen molar-refractivity contribution in [1.29, 1.82) is 0 Å². The van der Waals surface area contributed by atoms with Crippen LogP contribution in [-0.4, -0.2) is 60.5 Å². The Balaban J connectivity index is 1.72. The third-order valence-corrected chi connectivity index (χ3v) is 4.99. The number of likely N-dealkylation sites (N-methyl/N-ethyl adjacent to an activating group) is 1. The van der Waals surface area contributed by atoms with Crippen LogP contribution in [-0.2, 0) is 0 Å². The number of aromatic amines is 1. The monoisotopic (exact) mass is 374 g/mol. The molecule has 138 valence electrons. The van der Waals surface area contributed by atoms with Crippen LogP contribution in [0.15, 0.2) is 47.4 Å². The molecule has 1 aliphatic heterocycles. The van der Waals surface area contributed by atoms with E-state index in [9.17, 15) is 9.59 Å². The maximum atomic E-state index is 12.4. The van der Waals surface area contributed by atoms with Crippen LogP contribution in [0.1, 0.15) is 22.0 Å². The van der Waals surface area contributed by atoms with Gasteiger partial charge in [-0.15, -0.1) is 0 Å². The van der Waals surface area contributed by atoms with Crippen LogP contribution >= 0.6 is 11.6 Å². The predicted molar refractivity (Wildman–Crippen MR) is 103 cm³/mol. The summed E-state index contributed by atoms with van der Waals surface area (Å²) in [6.07, 6.45) is 1.44. The average molecular weight is 375 g/mol. The first-order valence-electron chi connectivity index (χ1n) is 8.68. The van der Waals surface area contributed by atoms with E-state index in [1.54, 1.807) is 0 Å². The normalized spacial score (nSPS) is 17.0. The van der Waals surface area contributed by atoms with Crippen molar-refractivity contribution < 1.29 is 4.79 Å². The van der Waals surface area contributed by atoms with Gasteiger partial charge in [-0.05, 0) is 30.8 Å². The van der Waals surface area contributed by atoms with Gasteiger partial charge >= 0.3 is 0 Å². The van der Waals surface area contributed by atoms with E-state index >= 15 is 0 Å². The summed E-state index contributed by atoms with van der Waals surface area (Å²) in [6, 6.07) is 10.7. The number of nitrogens with zero attached hydrogens (tertiary/aromatic N) is 2. The van der Waals surface area contributed by atoms with Gasteiger partial charge in [0.05, 0.1) is 11.6 Å². The lowest BCUT2D eigenvalue weighted by Gasteiger charge is -2.38. The van der Waals surface area contributed by atoms with Crippen LogP contribution < -0.4 is 10.9 Å². The summed E-state index contributed by atoms with van der Waals surface area (Å²) in [6.45, 7) is 4.37. The smallest absolute Gasteiger partial charge is 0.252 e. The van der Waals surface area contributed by atoms with E-state index in [2.05, 4.69) is 27.1 Å². The number of carbonyl (C=O) groups excluding carboxylic acids is 1. The Kier molecular flexibility index (Phi) is 6.08. The summed E-state index contributed by atoms with van der Waals surface area (Å²) in [4.78, 5) is 30.8. The fraction of sp³-hybridized carbons (Fsp3) is 0.368. The molecule has 1 fully saturated rings. The molecule has 1 aromatic heterocycles. The molecule has 1 amide bonds. The zero-order valence-corrected chi connectivity index (χ0v) is 15.5. The molecule has 0 saturated carbocycles. The van der Waals surface area contributed by atoms with Crippen molar-refractivity contribution in [3.05, 3.63) is 69.1 Å². The Hall–Kier alpha value is -2.15. The highest BCUT2D eigenvalue weighted by Crippen LogP contribution is 2.23. The minimum atomic E-state index is -0.224. The molecule has 1 aromatic carbocycles. The highest BCUT2D eigenvalue weighted by atomic mass is 35.5. The lowest BCUT2D eigenvalue weighted by Crippen LogP contribution is -2.48. The number of rotatable bonds is 5. The van der Waals surface area contributed by atoms with Crippen LogP contribution in [0.5, 0.6) is 0 Å². The van der Waals surface area contributed by atoms with Crippen molar-refractivity contribution in [2.24, 2.45) is 0 Å². The van der Waals surface area contributed by atoms with E-state index in [-0.39, 0.29) is 17.5 Å². The van der Waals surface area contributed by atoms with Gasteiger partial charge < -0.3 is 15.2 Å². The second-order valence-corrected chi connectivity index (χ2v) is 6.99. The van der Waals surface area contributed by atoms with Gasteiger partial charge in [0.2, 0.25) is 5.56 Å². The fourth-order valence-corrected chi connectivity index (χ4v) is 3.25. The number of hydrogen-bond acceptors (Lipinski definition) is 4. The first kappa shape index (κ1) is 18.6. The minimum Gasteiger partial charge on any atom is -0.350 e. The predicted octanol–water partition coefficient (Wildman–Crippen LogP) is 1.75. The molecule has 26 heavy (non-hydrogen) atoms. The standard InChI is InChI=1S/C19H23ClN4O2/c1-23-8-10-24(11-9-23)17(14-2-5-16(20)6-3-14)13-22-19(26)15-4-7-18(25)21-12-15/h2-7,12,17H,8-11,13H2,1H3,(H,21,25)(H,22,26). The van der Waals surface area contributed by atoms with Crippen LogP contribution in [0, 0.1) is 0 Å². The maximum Gasteiger partial charge on any atom is 0.252 e. The zero-order valence-electron chi connectivity index (χ0n) is 14.7. The highest BCUT2D eigenvalue weighted by molar-refractivity contribution is 6.30. The highest BCUT2D eigenvalue weighted by Gasteiger charge is 2.24. The quantitative estimate of drug-likeness (QED) is 0.836. The van der Waals surface area contributed by atoms with Gasteiger partial charge in [-0.1, -0.05) is 23.7 Å². The summed E-state index contributed by atoms with van der Waals surface area (Å²) < 4.78 is 0. The first-order valence-corrected chi connectivity index (χ1v) is 9.06. The van der Waals surface area contributed by atoms with E-state index in [0.717, 1.165) is 31.7 Å². The SMILES string of the molecule is CN1CCN(C(CNC(=O)c2ccc(=O)[nH]c2)c2ccc(Cl)cc2)CC1. The molecule has 2 heterocycles. The third kappa shape index (κ3) is 4.72.